The first-order chi connectivity index (χ1) is 6.31. The van der Waals surface area contributed by atoms with E-state index in [1.54, 1.807) is 6.29 Å². The lowest BCUT2D eigenvalue weighted by Gasteiger charge is -2.02. The van der Waals surface area contributed by atoms with Crippen LogP contribution in [-0.4, -0.2) is 17.5 Å². The number of aliphatic hydroxyl groups excluding tert-OH is 1. The highest BCUT2D eigenvalue weighted by Gasteiger charge is 2.00. The molecule has 0 bridgehead atoms. The fraction of sp³-hybridized carbons (Fsp3) is 0.909. The second kappa shape index (κ2) is 9.72. The third-order valence-electron chi connectivity index (χ3n) is 2.22. The van der Waals surface area contributed by atoms with Gasteiger partial charge < -0.3 is 5.11 Å². The van der Waals surface area contributed by atoms with Crippen molar-refractivity contribution in [3.63, 3.8) is 0 Å². The summed E-state index contributed by atoms with van der Waals surface area (Å²) in [5.41, 5.74) is 0. The molecule has 0 saturated heterocycles. The van der Waals surface area contributed by atoms with Crippen molar-refractivity contribution in [3.8, 4) is 0 Å². The molecule has 0 rings (SSSR count). The molecule has 1 radical (unpaired) electrons. The molecular formula is C11H21O2. The number of rotatable bonds is 9. The minimum absolute atomic E-state index is 0.581. The van der Waals surface area contributed by atoms with Crippen molar-refractivity contribution in [1.29, 1.82) is 0 Å². The number of aliphatic hydroxyl groups is 1. The molecular weight excluding hydrogens is 164 g/mol. The van der Waals surface area contributed by atoms with Crippen LogP contribution in [-0.2, 0) is 4.79 Å². The molecule has 0 spiro atoms. The molecule has 2 heteroatoms. The van der Waals surface area contributed by atoms with Crippen molar-refractivity contribution in [1.82, 2.24) is 0 Å². The summed E-state index contributed by atoms with van der Waals surface area (Å²) in [4.78, 5) is 9.93. The Morgan fingerprint density at radius 1 is 1.08 bits per heavy atom. The molecule has 0 aliphatic heterocycles. The van der Waals surface area contributed by atoms with Crippen molar-refractivity contribution in [2.24, 2.45) is 0 Å². The smallest absolute Gasteiger partial charge is 0.229 e. The summed E-state index contributed by atoms with van der Waals surface area (Å²) >= 11 is 0. The van der Waals surface area contributed by atoms with Crippen LogP contribution in [0.15, 0.2) is 0 Å². The van der Waals surface area contributed by atoms with Gasteiger partial charge >= 0.3 is 0 Å². The molecule has 0 aromatic carbocycles. The van der Waals surface area contributed by atoms with E-state index in [4.69, 9.17) is 5.11 Å². The summed E-state index contributed by atoms with van der Waals surface area (Å²) in [6, 6.07) is 0. The third-order valence-corrected chi connectivity index (χ3v) is 2.22. The van der Waals surface area contributed by atoms with Gasteiger partial charge in [-0.25, -0.2) is 0 Å². The molecule has 0 aliphatic carbocycles. The van der Waals surface area contributed by atoms with Crippen LogP contribution >= 0.6 is 0 Å². The standard InChI is InChI=1S/C11H21O2/c1-2-3-4-5-6-7-8-9-11(13)10-12/h11,13H,2-9H2,1H3. The Balaban J connectivity index is 2.95. The van der Waals surface area contributed by atoms with Gasteiger partial charge in [0.25, 0.3) is 0 Å². The van der Waals surface area contributed by atoms with Crippen LogP contribution in [0.5, 0.6) is 0 Å². The lowest BCUT2D eigenvalue weighted by molar-refractivity contribution is 0.219. The number of hydrogen-bond donors (Lipinski definition) is 1. The van der Waals surface area contributed by atoms with E-state index in [0.717, 1.165) is 12.8 Å². The summed E-state index contributed by atoms with van der Waals surface area (Å²) in [5, 5.41) is 8.88. The van der Waals surface area contributed by atoms with Crippen LogP contribution in [0.3, 0.4) is 0 Å². The summed E-state index contributed by atoms with van der Waals surface area (Å²) in [6.45, 7) is 2.20. The zero-order valence-electron chi connectivity index (χ0n) is 8.59. The lowest BCUT2D eigenvalue weighted by Crippen LogP contribution is -2.06. The van der Waals surface area contributed by atoms with E-state index in [1.165, 1.54) is 32.1 Å². The minimum atomic E-state index is -0.851. The van der Waals surface area contributed by atoms with E-state index in [-0.39, 0.29) is 0 Å². The van der Waals surface area contributed by atoms with E-state index in [2.05, 4.69) is 6.92 Å². The first-order valence-corrected chi connectivity index (χ1v) is 5.37. The Bertz CT molecular complexity index is 113. The van der Waals surface area contributed by atoms with Crippen molar-refractivity contribution in [2.45, 2.75) is 64.4 Å². The van der Waals surface area contributed by atoms with E-state index in [9.17, 15) is 4.79 Å². The van der Waals surface area contributed by atoms with Gasteiger partial charge in [0.05, 0.1) is 0 Å². The maximum Gasteiger partial charge on any atom is 0.229 e. The maximum atomic E-state index is 9.93. The van der Waals surface area contributed by atoms with Crippen LogP contribution in [0.4, 0.5) is 0 Å². The van der Waals surface area contributed by atoms with Gasteiger partial charge in [0, 0.05) is 0 Å². The van der Waals surface area contributed by atoms with Crippen LogP contribution in [0.1, 0.15) is 58.3 Å². The van der Waals surface area contributed by atoms with Gasteiger partial charge in [-0.15, -0.1) is 0 Å². The topological polar surface area (TPSA) is 37.3 Å². The molecule has 2 nitrogen and oxygen atoms in total. The molecule has 77 valence electrons. The lowest BCUT2D eigenvalue weighted by atomic mass is 10.1. The second-order valence-corrected chi connectivity index (χ2v) is 3.54. The van der Waals surface area contributed by atoms with Crippen molar-refractivity contribution >= 4 is 6.29 Å². The first kappa shape index (κ1) is 12.6. The quantitative estimate of drug-likeness (QED) is 0.561. The van der Waals surface area contributed by atoms with Gasteiger partial charge in [-0.05, 0) is 6.42 Å². The largest absolute Gasteiger partial charge is 0.385 e. The van der Waals surface area contributed by atoms with E-state index in [1.807, 2.05) is 0 Å². The van der Waals surface area contributed by atoms with Gasteiger partial charge in [-0.1, -0.05) is 51.9 Å². The van der Waals surface area contributed by atoms with Gasteiger partial charge in [0.15, 0.2) is 0 Å². The number of carbonyl (C=O) groups excluding carboxylic acids is 1. The van der Waals surface area contributed by atoms with Crippen molar-refractivity contribution in [3.05, 3.63) is 0 Å². The summed E-state index contributed by atoms with van der Waals surface area (Å²) in [6.07, 6.45) is 9.82. The molecule has 0 amide bonds. The molecule has 1 unspecified atom stereocenters. The Hall–Kier alpha value is -0.370. The molecule has 0 aliphatic rings. The van der Waals surface area contributed by atoms with Gasteiger partial charge in [-0.2, -0.15) is 0 Å². The molecule has 1 N–H and O–H groups in total. The zero-order chi connectivity index (χ0) is 9.94. The van der Waals surface area contributed by atoms with E-state index in [0.29, 0.717) is 6.42 Å². The fourth-order valence-corrected chi connectivity index (χ4v) is 1.35. The Kier molecular flexibility index (Phi) is 9.44. The highest BCUT2D eigenvalue weighted by Crippen LogP contribution is 2.08. The first-order valence-electron chi connectivity index (χ1n) is 5.37. The second-order valence-electron chi connectivity index (χ2n) is 3.54. The van der Waals surface area contributed by atoms with Crippen LogP contribution in [0.25, 0.3) is 0 Å². The molecule has 0 fully saturated rings. The van der Waals surface area contributed by atoms with Crippen LogP contribution in [0.2, 0.25) is 0 Å². The third kappa shape index (κ3) is 9.54. The predicted octanol–water partition coefficient (Wildman–Crippen LogP) is 2.60. The van der Waals surface area contributed by atoms with Crippen LogP contribution in [0, 0.1) is 0 Å². The van der Waals surface area contributed by atoms with Gasteiger partial charge in [0.2, 0.25) is 6.29 Å². The monoisotopic (exact) mass is 185 g/mol. The summed E-state index contributed by atoms with van der Waals surface area (Å²) < 4.78 is 0. The minimum Gasteiger partial charge on any atom is -0.385 e. The van der Waals surface area contributed by atoms with Crippen molar-refractivity contribution < 1.29 is 9.90 Å². The molecule has 1 atom stereocenters. The molecule has 0 saturated carbocycles. The Labute approximate surface area is 81.3 Å². The Morgan fingerprint density at radius 3 is 2.15 bits per heavy atom. The van der Waals surface area contributed by atoms with E-state index >= 15 is 0 Å². The number of unbranched alkanes of at least 4 members (excludes halogenated alkanes) is 6. The SMILES string of the molecule is CCCCCCCCCC(O)[C]=O. The average Bonchev–Trinajstić information content (AvgIpc) is 2.16. The van der Waals surface area contributed by atoms with E-state index < -0.39 is 6.10 Å². The predicted molar refractivity (Wildman–Crippen MR) is 54.3 cm³/mol. The summed E-state index contributed by atoms with van der Waals surface area (Å²) in [5.74, 6) is 0. The molecule has 0 aromatic rings. The highest BCUT2D eigenvalue weighted by atomic mass is 16.3. The van der Waals surface area contributed by atoms with Crippen LogP contribution < -0.4 is 0 Å². The van der Waals surface area contributed by atoms with Crippen molar-refractivity contribution in [2.75, 3.05) is 0 Å². The Morgan fingerprint density at radius 2 is 1.62 bits per heavy atom. The van der Waals surface area contributed by atoms with Gasteiger partial charge in [0.1, 0.15) is 6.10 Å². The number of hydrogen-bond acceptors (Lipinski definition) is 2. The summed E-state index contributed by atoms with van der Waals surface area (Å²) in [7, 11) is 0. The zero-order valence-corrected chi connectivity index (χ0v) is 8.59. The molecule has 13 heavy (non-hydrogen) atoms. The highest BCUT2D eigenvalue weighted by molar-refractivity contribution is 5.56. The molecule has 0 heterocycles. The maximum absolute atomic E-state index is 9.93. The fourth-order valence-electron chi connectivity index (χ4n) is 1.35. The average molecular weight is 185 g/mol. The van der Waals surface area contributed by atoms with Gasteiger partial charge in [-0.3, -0.25) is 4.79 Å². The normalized spacial score (nSPS) is 12.8. The molecule has 0 aromatic heterocycles.